The average Bonchev–Trinajstić information content (AvgIpc) is 3.17. The first-order chi connectivity index (χ1) is 16.0. The summed E-state index contributed by atoms with van der Waals surface area (Å²) in [7, 11) is 0. The van der Waals surface area contributed by atoms with Crippen LogP contribution in [0.5, 0.6) is 0 Å². The van der Waals surface area contributed by atoms with E-state index in [9.17, 15) is 20.4 Å². The van der Waals surface area contributed by atoms with E-state index >= 15 is 0 Å². The Balaban J connectivity index is 1.67. The van der Waals surface area contributed by atoms with Crippen LogP contribution in [0.25, 0.3) is 0 Å². The summed E-state index contributed by atoms with van der Waals surface area (Å²) in [4.78, 5) is 0. The Morgan fingerprint density at radius 2 is 1.88 bits per heavy atom. The highest BCUT2D eigenvalue weighted by Crippen LogP contribution is 2.60. The molecule has 0 amide bonds. The molecule has 4 nitrogen and oxygen atoms in total. The van der Waals surface area contributed by atoms with E-state index in [4.69, 9.17) is 0 Å². The van der Waals surface area contributed by atoms with E-state index < -0.39 is 17.8 Å². The summed E-state index contributed by atoms with van der Waals surface area (Å²) in [6, 6.07) is 0. The Morgan fingerprint density at radius 3 is 2.56 bits per heavy atom. The standard InChI is InChI=1S/C30H50O4/c1-6-30(34,7-2)17-9-11-27(32)21(4)25-14-15-26-22(10-8-16-29(25,26)5)12-13-23-18-24(31)19-28(33)20(23)3/h12-13,21,24-28,31-34H,3,6-11,14-19H2,1-2,4-5H3/b22-12+,23-13+/t21-,24+,25+,26-,27-,28-,29+/m0/s1. The normalized spacial score (nSPS) is 36.6. The predicted molar refractivity (Wildman–Crippen MR) is 139 cm³/mol. The zero-order valence-corrected chi connectivity index (χ0v) is 22.1. The molecular weight excluding hydrogens is 424 g/mol. The van der Waals surface area contributed by atoms with E-state index in [0.29, 0.717) is 24.7 Å². The first-order valence-corrected chi connectivity index (χ1v) is 13.9. The molecule has 7 atom stereocenters. The van der Waals surface area contributed by atoms with Crippen molar-refractivity contribution in [2.75, 3.05) is 0 Å². The van der Waals surface area contributed by atoms with Crippen molar-refractivity contribution in [2.24, 2.45) is 23.2 Å². The van der Waals surface area contributed by atoms with E-state index in [1.54, 1.807) is 0 Å². The van der Waals surface area contributed by atoms with Gasteiger partial charge in [0.25, 0.3) is 0 Å². The zero-order valence-electron chi connectivity index (χ0n) is 22.1. The Kier molecular flexibility index (Phi) is 9.28. The van der Waals surface area contributed by atoms with Crippen molar-refractivity contribution in [1.29, 1.82) is 0 Å². The first kappa shape index (κ1) is 27.6. The number of aliphatic hydroxyl groups is 4. The molecule has 4 heteroatoms. The van der Waals surface area contributed by atoms with Crippen molar-refractivity contribution in [2.45, 2.75) is 129 Å². The lowest BCUT2D eigenvalue weighted by Crippen LogP contribution is -2.39. The Labute approximate surface area is 207 Å². The Hall–Kier alpha value is -0.940. The maximum absolute atomic E-state index is 11.1. The third kappa shape index (κ3) is 5.88. The molecule has 3 fully saturated rings. The van der Waals surface area contributed by atoms with Crippen LogP contribution in [0.15, 0.2) is 35.5 Å². The maximum atomic E-state index is 11.1. The minimum Gasteiger partial charge on any atom is -0.393 e. The maximum Gasteiger partial charge on any atom is 0.0811 e. The predicted octanol–water partition coefficient (Wildman–Crippen LogP) is 5.85. The van der Waals surface area contributed by atoms with Gasteiger partial charge < -0.3 is 20.4 Å². The van der Waals surface area contributed by atoms with Crippen LogP contribution in [0.4, 0.5) is 0 Å². The third-order valence-electron chi connectivity index (χ3n) is 10.0. The molecule has 0 aromatic carbocycles. The summed E-state index contributed by atoms with van der Waals surface area (Å²) in [5, 5.41) is 41.9. The molecule has 0 aromatic heterocycles. The van der Waals surface area contributed by atoms with Crippen molar-refractivity contribution >= 4 is 0 Å². The van der Waals surface area contributed by atoms with E-state index in [-0.39, 0.29) is 17.4 Å². The topological polar surface area (TPSA) is 80.9 Å². The quantitative estimate of drug-likeness (QED) is 0.338. The second kappa shape index (κ2) is 11.4. The fourth-order valence-electron chi connectivity index (χ4n) is 7.38. The van der Waals surface area contributed by atoms with Crippen molar-refractivity contribution in [1.82, 2.24) is 0 Å². The first-order valence-electron chi connectivity index (χ1n) is 13.9. The van der Waals surface area contributed by atoms with E-state index in [0.717, 1.165) is 56.1 Å². The van der Waals surface area contributed by atoms with Gasteiger partial charge in [-0.1, -0.05) is 52.0 Å². The molecule has 0 saturated heterocycles. The molecule has 0 unspecified atom stereocenters. The van der Waals surface area contributed by atoms with Crippen LogP contribution >= 0.6 is 0 Å². The summed E-state index contributed by atoms with van der Waals surface area (Å²) < 4.78 is 0. The van der Waals surface area contributed by atoms with Gasteiger partial charge in [0.1, 0.15) is 0 Å². The van der Waals surface area contributed by atoms with Gasteiger partial charge in [-0.25, -0.2) is 0 Å². The number of allylic oxidation sites excluding steroid dienone is 3. The molecule has 0 aromatic rings. The van der Waals surface area contributed by atoms with Gasteiger partial charge in [0.05, 0.1) is 23.9 Å². The van der Waals surface area contributed by atoms with Gasteiger partial charge >= 0.3 is 0 Å². The fourth-order valence-corrected chi connectivity index (χ4v) is 7.38. The summed E-state index contributed by atoms with van der Waals surface area (Å²) in [6.07, 6.45) is 13.6. The van der Waals surface area contributed by atoms with E-state index in [2.05, 4.69) is 32.6 Å². The number of fused-ring (bicyclic) bond motifs is 1. The summed E-state index contributed by atoms with van der Waals surface area (Å²) in [6.45, 7) is 12.8. The molecule has 3 aliphatic rings. The smallest absolute Gasteiger partial charge is 0.0811 e. The highest BCUT2D eigenvalue weighted by Gasteiger charge is 2.51. The van der Waals surface area contributed by atoms with E-state index in [1.165, 1.54) is 24.8 Å². The third-order valence-corrected chi connectivity index (χ3v) is 10.0. The minimum atomic E-state index is -0.645. The van der Waals surface area contributed by atoms with Gasteiger partial charge in [-0.15, -0.1) is 0 Å². The molecular formula is C30H50O4. The van der Waals surface area contributed by atoms with Crippen LogP contribution in [-0.4, -0.2) is 44.3 Å². The molecule has 4 N–H and O–H groups in total. The second-order valence-electron chi connectivity index (χ2n) is 11.9. The molecule has 34 heavy (non-hydrogen) atoms. The van der Waals surface area contributed by atoms with Crippen molar-refractivity contribution < 1.29 is 20.4 Å². The van der Waals surface area contributed by atoms with Crippen LogP contribution in [0.1, 0.15) is 105 Å². The number of rotatable bonds is 9. The molecule has 3 saturated carbocycles. The molecule has 0 heterocycles. The van der Waals surface area contributed by atoms with Crippen LogP contribution in [0, 0.1) is 23.2 Å². The largest absolute Gasteiger partial charge is 0.393 e. The monoisotopic (exact) mass is 474 g/mol. The SMILES string of the molecule is C=C1/C(=C/C=C2\CCC[C@]3(C)[C@@H]([C@H](C)[C@@H](O)CCCC(O)(CC)CC)CC[C@@H]23)C[C@@H](O)C[C@@H]1O. The van der Waals surface area contributed by atoms with Crippen molar-refractivity contribution in [3.8, 4) is 0 Å². The van der Waals surface area contributed by atoms with E-state index in [1.807, 2.05) is 13.8 Å². The van der Waals surface area contributed by atoms with Crippen LogP contribution in [0.2, 0.25) is 0 Å². The molecule has 3 rings (SSSR count). The minimum absolute atomic E-state index is 0.208. The second-order valence-corrected chi connectivity index (χ2v) is 11.9. The van der Waals surface area contributed by atoms with Gasteiger partial charge in [0, 0.05) is 6.42 Å². The molecule has 0 aliphatic heterocycles. The summed E-state index contributed by atoms with van der Waals surface area (Å²) in [5.74, 6) is 1.30. The van der Waals surface area contributed by atoms with Crippen molar-refractivity contribution in [3.05, 3.63) is 35.5 Å². The van der Waals surface area contributed by atoms with Gasteiger partial charge in [-0.3, -0.25) is 0 Å². The van der Waals surface area contributed by atoms with Crippen LogP contribution in [0.3, 0.4) is 0 Å². The summed E-state index contributed by atoms with van der Waals surface area (Å²) in [5.41, 5.74) is 2.84. The van der Waals surface area contributed by atoms with Gasteiger partial charge in [-0.05, 0) is 105 Å². The number of aliphatic hydroxyl groups excluding tert-OH is 3. The lowest BCUT2D eigenvalue weighted by atomic mass is 9.60. The summed E-state index contributed by atoms with van der Waals surface area (Å²) >= 11 is 0. The van der Waals surface area contributed by atoms with Crippen molar-refractivity contribution in [3.63, 3.8) is 0 Å². The average molecular weight is 475 g/mol. The van der Waals surface area contributed by atoms with Gasteiger partial charge in [0.2, 0.25) is 0 Å². The number of hydrogen-bond donors (Lipinski definition) is 4. The molecule has 0 spiro atoms. The van der Waals surface area contributed by atoms with Crippen LogP contribution in [-0.2, 0) is 0 Å². The molecule has 194 valence electrons. The Morgan fingerprint density at radius 1 is 1.18 bits per heavy atom. The Bertz CT molecular complexity index is 764. The molecule has 0 radical (unpaired) electrons. The van der Waals surface area contributed by atoms with Gasteiger partial charge in [0.15, 0.2) is 0 Å². The lowest BCUT2D eigenvalue weighted by Gasteiger charge is -2.45. The molecule has 3 aliphatic carbocycles. The number of hydrogen-bond acceptors (Lipinski definition) is 4. The highest BCUT2D eigenvalue weighted by molar-refractivity contribution is 5.38. The zero-order chi connectivity index (χ0) is 25.1. The van der Waals surface area contributed by atoms with Gasteiger partial charge in [-0.2, -0.15) is 0 Å². The fraction of sp³-hybridized carbons (Fsp3) is 0.800. The highest BCUT2D eigenvalue weighted by atomic mass is 16.3. The van der Waals surface area contributed by atoms with Crippen LogP contribution < -0.4 is 0 Å². The lowest BCUT2D eigenvalue weighted by molar-refractivity contribution is -0.000322. The molecule has 0 bridgehead atoms.